The van der Waals surface area contributed by atoms with Gasteiger partial charge in [-0.15, -0.1) is 0 Å². The Bertz CT molecular complexity index is 343. The fourth-order valence-electron chi connectivity index (χ4n) is 5.35. The van der Waals surface area contributed by atoms with Crippen molar-refractivity contribution in [1.82, 2.24) is 0 Å². The van der Waals surface area contributed by atoms with Gasteiger partial charge in [-0.05, 0) is 61.7 Å². The number of hydrogen-bond acceptors (Lipinski definition) is 2. The highest BCUT2D eigenvalue weighted by molar-refractivity contribution is 5.02. The van der Waals surface area contributed by atoms with Crippen LogP contribution >= 0.6 is 0 Å². The Hall–Kier alpha value is -0.0800. The molecule has 2 nitrogen and oxygen atoms in total. The van der Waals surface area contributed by atoms with E-state index in [0.717, 1.165) is 36.0 Å². The van der Waals surface area contributed by atoms with Crippen molar-refractivity contribution >= 4 is 0 Å². The zero-order valence-electron chi connectivity index (χ0n) is 12.8. The van der Waals surface area contributed by atoms with Crippen LogP contribution < -0.4 is 0 Å². The van der Waals surface area contributed by atoms with Crippen molar-refractivity contribution in [3.05, 3.63) is 0 Å². The van der Waals surface area contributed by atoms with Gasteiger partial charge in [0.15, 0.2) is 6.29 Å². The molecule has 1 heterocycles. The van der Waals surface area contributed by atoms with Gasteiger partial charge in [-0.25, -0.2) is 0 Å². The molecule has 3 saturated carbocycles. The number of rotatable bonds is 4. The van der Waals surface area contributed by atoms with Crippen LogP contribution in [0.2, 0.25) is 0 Å². The molecule has 20 heavy (non-hydrogen) atoms. The smallest absolute Gasteiger partial charge is 0.158 e. The fraction of sp³-hybridized carbons (Fsp3) is 1.00. The first-order valence-corrected chi connectivity index (χ1v) is 9.13. The third kappa shape index (κ3) is 2.14. The van der Waals surface area contributed by atoms with E-state index in [0.29, 0.717) is 12.0 Å². The molecule has 0 aromatic carbocycles. The van der Waals surface area contributed by atoms with Gasteiger partial charge in [0.05, 0.1) is 6.10 Å². The summed E-state index contributed by atoms with van der Waals surface area (Å²) < 4.78 is 6.14. The fourth-order valence-corrected chi connectivity index (χ4v) is 5.35. The second-order valence-electron chi connectivity index (χ2n) is 7.92. The SMILES string of the molecule is CCC1OC(O)C(C2CCC2)C(C2CC2)C1C1CCC1. The van der Waals surface area contributed by atoms with Crippen molar-refractivity contribution in [2.75, 3.05) is 0 Å². The molecule has 5 unspecified atom stereocenters. The molecular formula is C18H30O2. The van der Waals surface area contributed by atoms with E-state index in [-0.39, 0.29) is 0 Å². The van der Waals surface area contributed by atoms with Gasteiger partial charge in [0, 0.05) is 5.92 Å². The third-order valence-corrected chi connectivity index (χ3v) is 6.92. The Morgan fingerprint density at radius 1 is 0.800 bits per heavy atom. The van der Waals surface area contributed by atoms with E-state index in [1.54, 1.807) is 0 Å². The van der Waals surface area contributed by atoms with E-state index < -0.39 is 6.29 Å². The van der Waals surface area contributed by atoms with Crippen LogP contribution in [-0.2, 0) is 4.74 Å². The highest BCUT2D eigenvalue weighted by Crippen LogP contribution is 2.58. The van der Waals surface area contributed by atoms with Crippen molar-refractivity contribution in [3.63, 3.8) is 0 Å². The van der Waals surface area contributed by atoms with Crippen LogP contribution in [0.15, 0.2) is 0 Å². The second-order valence-corrected chi connectivity index (χ2v) is 7.92. The number of ether oxygens (including phenoxy) is 1. The van der Waals surface area contributed by atoms with Gasteiger partial charge >= 0.3 is 0 Å². The number of aliphatic hydroxyl groups excluding tert-OH is 1. The highest BCUT2D eigenvalue weighted by Gasteiger charge is 2.55. The maximum absolute atomic E-state index is 10.6. The minimum absolute atomic E-state index is 0.331. The molecule has 114 valence electrons. The minimum Gasteiger partial charge on any atom is -0.368 e. The maximum Gasteiger partial charge on any atom is 0.158 e. The summed E-state index contributed by atoms with van der Waals surface area (Å²) >= 11 is 0. The lowest BCUT2D eigenvalue weighted by molar-refractivity contribution is -0.265. The Balaban J connectivity index is 1.61. The summed E-state index contributed by atoms with van der Waals surface area (Å²) in [4.78, 5) is 0. The van der Waals surface area contributed by atoms with Crippen LogP contribution in [0.5, 0.6) is 0 Å². The molecule has 5 atom stereocenters. The molecule has 4 fully saturated rings. The van der Waals surface area contributed by atoms with E-state index in [4.69, 9.17) is 4.74 Å². The summed E-state index contributed by atoms with van der Waals surface area (Å²) in [5, 5.41) is 10.6. The van der Waals surface area contributed by atoms with E-state index in [9.17, 15) is 5.11 Å². The minimum atomic E-state index is -0.466. The Morgan fingerprint density at radius 2 is 1.35 bits per heavy atom. The van der Waals surface area contributed by atoms with E-state index in [2.05, 4.69) is 6.92 Å². The number of aliphatic hydroxyl groups is 1. The molecule has 0 aromatic heterocycles. The zero-order chi connectivity index (χ0) is 13.7. The molecule has 4 rings (SSSR count). The summed E-state index contributed by atoms with van der Waals surface area (Å²) in [7, 11) is 0. The van der Waals surface area contributed by atoms with Crippen molar-refractivity contribution in [1.29, 1.82) is 0 Å². The molecule has 1 saturated heterocycles. The summed E-state index contributed by atoms with van der Waals surface area (Å²) in [5.41, 5.74) is 0. The van der Waals surface area contributed by atoms with Gasteiger partial charge in [0.25, 0.3) is 0 Å². The topological polar surface area (TPSA) is 29.5 Å². The first-order chi connectivity index (χ1) is 9.79. The monoisotopic (exact) mass is 278 g/mol. The average Bonchev–Trinajstić information content (AvgIpc) is 3.12. The standard InChI is InChI=1S/C18H30O2/c1-2-14-15(11-5-3-6-11)16(13-9-10-13)17(18(19)20-14)12-7-4-8-12/h11-19H,2-10H2,1H3. The zero-order valence-corrected chi connectivity index (χ0v) is 12.8. The molecular weight excluding hydrogens is 248 g/mol. The van der Waals surface area contributed by atoms with Gasteiger partial charge in [-0.2, -0.15) is 0 Å². The van der Waals surface area contributed by atoms with Gasteiger partial charge in [0.2, 0.25) is 0 Å². The Labute approximate surface area is 123 Å². The van der Waals surface area contributed by atoms with Gasteiger partial charge in [0.1, 0.15) is 0 Å². The third-order valence-electron chi connectivity index (χ3n) is 6.92. The van der Waals surface area contributed by atoms with Crippen molar-refractivity contribution in [2.45, 2.75) is 77.1 Å². The highest BCUT2D eigenvalue weighted by atomic mass is 16.6. The summed E-state index contributed by atoms with van der Waals surface area (Å²) in [6.07, 6.45) is 12.1. The van der Waals surface area contributed by atoms with Crippen molar-refractivity contribution < 1.29 is 9.84 Å². The van der Waals surface area contributed by atoms with E-state index in [1.807, 2.05) is 0 Å². The molecule has 1 aliphatic heterocycles. The van der Waals surface area contributed by atoms with Gasteiger partial charge < -0.3 is 9.84 Å². The van der Waals surface area contributed by atoms with Crippen LogP contribution in [0.4, 0.5) is 0 Å². The lowest BCUT2D eigenvalue weighted by atomic mass is 9.57. The Morgan fingerprint density at radius 3 is 1.80 bits per heavy atom. The first kappa shape index (κ1) is 13.6. The maximum atomic E-state index is 10.6. The summed E-state index contributed by atoms with van der Waals surface area (Å²) in [6.45, 7) is 2.25. The summed E-state index contributed by atoms with van der Waals surface area (Å²) in [6, 6.07) is 0. The average molecular weight is 278 g/mol. The molecule has 0 radical (unpaired) electrons. The van der Waals surface area contributed by atoms with Crippen LogP contribution in [0, 0.1) is 35.5 Å². The van der Waals surface area contributed by atoms with Crippen LogP contribution in [0.25, 0.3) is 0 Å². The molecule has 0 bridgehead atoms. The first-order valence-electron chi connectivity index (χ1n) is 9.13. The number of hydrogen-bond donors (Lipinski definition) is 1. The quantitative estimate of drug-likeness (QED) is 0.843. The molecule has 0 spiro atoms. The van der Waals surface area contributed by atoms with Crippen LogP contribution in [0.1, 0.15) is 64.7 Å². The van der Waals surface area contributed by atoms with Crippen molar-refractivity contribution in [2.24, 2.45) is 35.5 Å². The normalized spacial score (nSPS) is 46.8. The van der Waals surface area contributed by atoms with Gasteiger partial charge in [-0.1, -0.05) is 32.6 Å². The largest absolute Gasteiger partial charge is 0.368 e. The summed E-state index contributed by atoms with van der Waals surface area (Å²) in [5.74, 6) is 4.58. The lowest BCUT2D eigenvalue weighted by Crippen LogP contribution is -2.54. The molecule has 2 heteroatoms. The lowest BCUT2D eigenvalue weighted by Gasteiger charge is -2.54. The van der Waals surface area contributed by atoms with Gasteiger partial charge in [-0.3, -0.25) is 0 Å². The van der Waals surface area contributed by atoms with Crippen LogP contribution in [0.3, 0.4) is 0 Å². The van der Waals surface area contributed by atoms with E-state index in [1.165, 1.54) is 51.4 Å². The second kappa shape index (κ2) is 5.28. The molecule has 0 amide bonds. The predicted octanol–water partition coefficient (Wildman–Crippen LogP) is 3.97. The van der Waals surface area contributed by atoms with Crippen molar-refractivity contribution in [3.8, 4) is 0 Å². The molecule has 1 N–H and O–H groups in total. The Kier molecular flexibility index (Phi) is 3.58. The van der Waals surface area contributed by atoms with Crippen LogP contribution in [-0.4, -0.2) is 17.5 Å². The molecule has 0 aromatic rings. The molecule has 3 aliphatic carbocycles. The van der Waals surface area contributed by atoms with E-state index >= 15 is 0 Å². The predicted molar refractivity (Wildman–Crippen MR) is 79.0 cm³/mol. The molecule has 4 aliphatic rings.